The van der Waals surface area contributed by atoms with Gasteiger partial charge < -0.3 is 9.32 Å². The van der Waals surface area contributed by atoms with Crippen molar-refractivity contribution in [2.24, 2.45) is 0 Å². The molecule has 2 heterocycles. The van der Waals surface area contributed by atoms with Gasteiger partial charge in [-0.3, -0.25) is 10.1 Å². The van der Waals surface area contributed by atoms with Crippen LogP contribution in [0.2, 0.25) is 0 Å². The zero-order valence-electron chi connectivity index (χ0n) is 8.64. The van der Waals surface area contributed by atoms with Gasteiger partial charge in [-0.2, -0.15) is 11.8 Å². The number of amides is 1. The highest BCUT2D eigenvalue weighted by Crippen LogP contribution is 2.09. The van der Waals surface area contributed by atoms with Gasteiger partial charge in [-0.1, -0.05) is 0 Å². The van der Waals surface area contributed by atoms with Crippen molar-refractivity contribution in [3.8, 4) is 0 Å². The van der Waals surface area contributed by atoms with Crippen LogP contribution in [0.4, 0.5) is 0 Å². The second-order valence-corrected chi connectivity index (χ2v) is 4.95. The molecule has 1 aliphatic rings. The highest BCUT2D eigenvalue weighted by molar-refractivity contribution is 7.99. The molecule has 1 aliphatic heterocycles. The smallest absolute Gasteiger partial charge is 0.293 e. The van der Waals surface area contributed by atoms with E-state index in [-0.39, 0.29) is 11.7 Å². The lowest BCUT2D eigenvalue weighted by Gasteiger charge is -2.28. The Morgan fingerprint density at radius 1 is 1.50 bits per heavy atom. The Balaban J connectivity index is 1.89. The Morgan fingerprint density at radius 2 is 2.25 bits per heavy atom. The molecule has 16 heavy (non-hydrogen) atoms. The number of carbonyl (C=O) groups excluding carboxylic acids is 1. The lowest BCUT2D eigenvalue weighted by Crippen LogP contribution is -2.46. The van der Waals surface area contributed by atoms with Gasteiger partial charge in [0, 0.05) is 24.6 Å². The first-order valence-electron chi connectivity index (χ1n) is 4.99. The number of thioether (sulfide) groups is 1. The number of rotatable bonds is 1. The lowest BCUT2D eigenvalue weighted by molar-refractivity contribution is 0.0946. The number of nitrogens with one attached hydrogen (secondary N) is 1. The van der Waals surface area contributed by atoms with Crippen LogP contribution in [0.1, 0.15) is 10.6 Å². The van der Waals surface area contributed by atoms with E-state index in [2.05, 4.69) is 5.32 Å². The van der Waals surface area contributed by atoms with Gasteiger partial charge in [0.15, 0.2) is 10.9 Å². The molecule has 1 fully saturated rings. The molecule has 1 amide bonds. The van der Waals surface area contributed by atoms with Crippen LogP contribution >= 0.6 is 24.0 Å². The molecule has 0 aliphatic carbocycles. The monoisotopic (exact) mass is 256 g/mol. The standard InChI is InChI=1S/C10H12N2O2S2/c13-9(8-2-1-5-14-8)11-10(15)12-3-6-16-7-4-12/h1-2,5H,3-4,6-7H2,(H,11,13,15). The van der Waals surface area contributed by atoms with Gasteiger partial charge in [-0.05, 0) is 24.4 Å². The predicted octanol–water partition coefficient (Wildman–Crippen LogP) is 1.34. The summed E-state index contributed by atoms with van der Waals surface area (Å²) in [5.41, 5.74) is 0. The summed E-state index contributed by atoms with van der Waals surface area (Å²) in [6.45, 7) is 1.78. The molecule has 0 unspecified atom stereocenters. The maximum atomic E-state index is 11.6. The Kier molecular flexibility index (Phi) is 3.84. The predicted molar refractivity (Wildman–Crippen MR) is 67.7 cm³/mol. The van der Waals surface area contributed by atoms with Crippen LogP contribution in [-0.2, 0) is 0 Å². The lowest BCUT2D eigenvalue weighted by atomic mass is 10.4. The third kappa shape index (κ3) is 2.76. The van der Waals surface area contributed by atoms with E-state index >= 15 is 0 Å². The highest BCUT2D eigenvalue weighted by Gasteiger charge is 2.17. The van der Waals surface area contributed by atoms with Crippen molar-refractivity contribution in [3.63, 3.8) is 0 Å². The highest BCUT2D eigenvalue weighted by atomic mass is 32.2. The molecular weight excluding hydrogens is 244 g/mol. The third-order valence-electron chi connectivity index (χ3n) is 2.26. The number of hydrogen-bond donors (Lipinski definition) is 1. The maximum absolute atomic E-state index is 11.6. The van der Waals surface area contributed by atoms with Gasteiger partial charge in [-0.25, -0.2) is 0 Å². The molecule has 0 radical (unpaired) electrons. The first-order chi connectivity index (χ1) is 7.77. The summed E-state index contributed by atoms with van der Waals surface area (Å²) in [5.74, 6) is 2.11. The molecule has 86 valence electrons. The number of thiocarbonyl (C=S) groups is 1. The van der Waals surface area contributed by atoms with Gasteiger partial charge in [0.05, 0.1) is 6.26 Å². The summed E-state index contributed by atoms with van der Waals surface area (Å²) in [7, 11) is 0. The number of furan rings is 1. The van der Waals surface area contributed by atoms with Gasteiger partial charge in [-0.15, -0.1) is 0 Å². The Bertz CT molecular complexity index is 372. The van der Waals surface area contributed by atoms with E-state index in [0.29, 0.717) is 5.11 Å². The van der Waals surface area contributed by atoms with Crippen LogP contribution < -0.4 is 5.32 Å². The van der Waals surface area contributed by atoms with Crippen molar-refractivity contribution >= 4 is 35.0 Å². The molecule has 0 atom stereocenters. The molecule has 1 N–H and O–H groups in total. The first-order valence-corrected chi connectivity index (χ1v) is 6.55. The van der Waals surface area contributed by atoms with Crippen LogP contribution in [0, 0.1) is 0 Å². The summed E-state index contributed by atoms with van der Waals surface area (Å²) in [6.07, 6.45) is 1.47. The van der Waals surface area contributed by atoms with Gasteiger partial charge in [0.2, 0.25) is 0 Å². The zero-order valence-corrected chi connectivity index (χ0v) is 10.3. The Morgan fingerprint density at radius 3 is 2.88 bits per heavy atom. The molecule has 1 aromatic heterocycles. The molecule has 0 aromatic carbocycles. The van der Waals surface area contributed by atoms with Gasteiger partial charge in [0.1, 0.15) is 0 Å². The van der Waals surface area contributed by atoms with E-state index < -0.39 is 0 Å². The van der Waals surface area contributed by atoms with Crippen molar-refractivity contribution in [1.82, 2.24) is 10.2 Å². The topological polar surface area (TPSA) is 45.5 Å². The van der Waals surface area contributed by atoms with Crippen molar-refractivity contribution in [1.29, 1.82) is 0 Å². The summed E-state index contributed by atoms with van der Waals surface area (Å²) < 4.78 is 4.99. The van der Waals surface area contributed by atoms with E-state index in [1.54, 1.807) is 12.1 Å². The van der Waals surface area contributed by atoms with Gasteiger partial charge in [0.25, 0.3) is 5.91 Å². The molecule has 0 saturated carbocycles. The molecule has 1 aromatic rings. The summed E-state index contributed by atoms with van der Waals surface area (Å²) in [5, 5.41) is 3.16. The second-order valence-electron chi connectivity index (χ2n) is 3.34. The fraction of sp³-hybridized carbons (Fsp3) is 0.400. The molecule has 1 saturated heterocycles. The van der Waals surface area contributed by atoms with E-state index in [1.165, 1.54) is 6.26 Å². The molecule has 6 heteroatoms. The fourth-order valence-electron chi connectivity index (χ4n) is 1.41. The Hall–Kier alpha value is -1.01. The SMILES string of the molecule is O=C(NC(=S)N1CCSCC1)c1ccco1. The Labute approximate surface area is 103 Å². The van der Waals surface area contributed by atoms with Crippen LogP contribution in [0.3, 0.4) is 0 Å². The molecular formula is C10H12N2O2S2. The third-order valence-corrected chi connectivity index (χ3v) is 3.57. The van der Waals surface area contributed by atoms with Crippen LogP contribution in [0.5, 0.6) is 0 Å². The largest absolute Gasteiger partial charge is 0.459 e. The maximum Gasteiger partial charge on any atom is 0.293 e. The minimum Gasteiger partial charge on any atom is -0.459 e. The van der Waals surface area contributed by atoms with Crippen LogP contribution in [-0.4, -0.2) is 40.5 Å². The molecule has 4 nitrogen and oxygen atoms in total. The van der Waals surface area contributed by atoms with Crippen molar-refractivity contribution < 1.29 is 9.21 Å². The molecule has 0 spiro atoms. The van der Waals surface area contributed by atoms with E-state index in [0.717, 1.165) is 24.6 Å². The van der Waals surface area contributed by atoms with Crippen LogP contribution in [0.15, 0.2) is 22.8 Å². The summed E-state index contributed by atoms with van der Waals surface area (Å²) >= 11 is 7.07. The van der Waals surface area contributed by atoms with Crippen molar-refractivity contribution in [2.45, 2.75) is 0 Å². The average molecular weight is 256 g/mol. The quantitative estimate of drug-likeness (QED) is 0.768. The summed E-state index contributed by atoms with van der Waals surface area (Å²) in [6, 6.07) is 3.29. The molecule has 2 rings (SSSR count). The molecule has 0 bridgehead atoms. The number of carbonyl (C=O) groups is 1. The summed E-state index contributed by atoms with van der Waals surface area (Å²) in [4.78, 5) is 13.6. The minimum atomic E-state index is -0.284. The fourth-order valence-corrected chi connectivity index (χ4v) is 2.59. The van der Waals surface area contributed by atoms with Crippen molar-refractivity contribution in [2.75, 3.05) is 24.6 Å². The first kappa shape index (κ1) is 11.5. The van der Waals surface area contributed by atoms with Gasteiger partial charge >= 0.3 is 0 Å². The normalized spacial score (nSPS) is 15.9. The number of nitrogens with zero attached hydrogens (tertiary/aromatic N) is 1. The van der Waals surface area contributed by atoms with Crippen molar-refractivity contribution in [3.05, 3.63) is 24.2 Å². The van der Waals surface area contributed by atoms with E-state index in [9.17, 15) is 4.79 Å². The van der Waals surface area contributed by atoms with E-state index in [1.807, 2.05) is 16.7 Å². The second kappa shape index (κ2) is 5.36. The number of hydrogen-bond acceptors (Lipinski definition) is 4. The minimum absolute atomic E-state index is 0.284. The average Bonchev–Trinajstić information content (AvgIpc) is 2.83. The van der Waals surface area contributed by atoms with Crippen LogP contribution in [0.25, 0.3) is 0 Å². The zero-order chi connectivity index (χ0) is 11.4. The van der Waals surface area contributed by atoms with E-state index in [4.69, 9.17) is 16.6 Å².